The Morgan fingerprint density at radius 2 is 1.92 bits per heavy atom. The number of hydrogen-bond donors (Lipinski definition) is 4. The highest BCUT2D eigenvalue weighted by Crippen LogP contribution is 2.32. The summed E-state index contributed by atoms with van der Waals surface area (Å²) in [5, 5.41) is 3.39. The zero-order valence-corrected chi connectivity index (χ0v) is 14.7. The molecule has 0 radical (unpaired) electrons. The average molecular weight is 387 g/mol. The normalized spacial score (nSPS) is 11.8. The van der Waals surface area contributed by atoms with Crippen LogP contribution in [-0.2, 0) is 0 Å². The van der Waals surface area contributed by atoms with Crippen molar-refractivity contribution in [2.75, 3.05) is 12.3 Å². The van der Waals surface area contributed by atoms with E-state index < -0.39 is 17.2 Å². The van der Waals surface area contributed by atoms with Crippen molar-refractivity contribution in [3.05, 3.63) is 54.8 Å². The second kappa shape index (κ2) is 8.09. The number of anilines is 1. The number of para-hydroxylation sites is 1. The van der Waals surface area contributed by atoms with E-state index in [0.29, 0.717) is 22.2 Å². The fourth-order valence-corrected chi connectivity index (χ4v) is 2.51. The van der Waals surface area contributed by atoms with Crippen molar-refractivity contribution < 1.29 is 9.53 Å². The number of halogens is 2. The highest BCUT2D eigenvalue weighted by Gasteiger charge is 2.16. The van der Waals surface area contributed by atoms with Gasteiger partial charge in [0.05, 0.1) is 16.7 Å². The molecule has 0 saturated heterocycles. The van der Waals surface area contributed by atoms with Crippen LogP contribution < -0.4 is 27.0 Å². The fraction of sp³-hybridized carbons (Fsp3) is 0.267. The second-order valence-electron chi connectivity index (χ2n) is 5.26. The maximum Gasteiger partial charge on any atom is 0.326 e. The first-order valence-electron chi connectivity index (χ1n) is 7.29. The Morgan fingerprint density at radius 3 is 2.56 bits per heavy atom. The molecule has 0 saturated carbocycles. The molecule has 0 aliphatic carbocycles. The van der Waals surface area contributed by atoms with Crippen LogP contribution in [0.25, 0.3) is 0 Å². The number of H-pyrrole nitrogens is 2. The van der Waals surface area contributed by atoms with E-state index >= 15 is 0 Å². The quantitative estimate of drug-likeness (QED) is 0.597. The van der Waals surface area contributed by atoms with Crippen LogP contribution in [0.4, 0.5) is 5.69 Å². The van der Waals surface area contributed by atoms with Gasteiger partial charge in [-0.1, -0.05) is 29.3 Å². The number of ether oxygens (including phenoxy) is 1. The highest BCUT2D eigenvalue weighted by molar-refractivity contribution is 6.37. The first-order valence-corrected chi connectivity index (χ1v) is 8.05. The summed E-state index contributed by atoms with van der Waals surface area (Å²) in [6.07, 6.45) is 0.431. The van der Waals surface area contributed by atoms with Crippen LogP contribution in [0, 0.1) is 0 Å². The van der Waals surface area contributed by atoms with Crippen LogP contribution in [0.5, 0.6) is 5.75 Å². The molecule has 1 atom stereocenters. The topological polar surface area (TPSA) is 130 Å². The van der Waals surface area contributed by atoms with Crippen molar-refractivity contribution in [2.45, 2.75) is 19.4 Å². The van der Waals surface area contributed by atoms with Gasteiger partial charge >= 0.3 is 5.69 Å². The van der Waals surface area contributed by atoms with Gasteiger partial charge < -0.3 is 20.8 Å². The number of carbonyl (C=O) groups is 1. The zero-order chi connectivity index (χ0) is 18.6. The lowest BCUT2D eigenvalue weighted by Gasteiger charge is -2.15. The molecule has 0 spiro atoms. The zero-order valence-electron chi connectivity index (χ0n) is 13.2. The number of rotatable bonds is 6. The molecule has 1 amide bonds. The van der Waals surface area contributed by atoms with E-state index in [1.807, 2.05) is 4.98 Å². The Labute approximate surface area is 152 Å². The molecule has 0 aliphatic rings. The van der Waals surface area contributed by atoms with E-state index in [9.17, 15) is 14.4 Å². The molecule has 0 aliphatic heterocycles. The number of benzene rings is 1. The van der Waals surface area contributed by atoms with Crippen LogP contribution in [0.3, 0.4) is 0 Å². The Hall–Kier alpha value is -2.45. The lowest BCUT2D eigenvalue weighted by molar-refractivity contribution is 0.0930. The summed E-state index contributed by atoms with van der Waals surface area (Å²) in [6.45, 7) is 1.98. The average Bonchev–Trinajstić information content (AvgIpc) is 2.53. The number of nitrogen functional groups attached to an aromatic ring is 1. The third-order valence-corrected chi connectivity index (χ3v) is 3.90. The van der Waals surface area contributed by atoms with Crippen molar-refractivity contribution >= 4 is 34.8 Å². The first kappa shape index (κ1) is 18.9. The van der Waals surface area contributed by atoms with Gasteiger partial charge in [-0.3, -0.25) is 14.6 Å². The molecule has 0 fully saturated rings. The summed E-state index contributed by atoms with van der Waals surface area (Å²) in [5.74, 6) is -0.295. The summed E-state index contributed by atoms with van der Waals surface area (Å²) in [7, 11) is 0. The van der Waals surface area contributed by atoms with E-state index in [2.05, 4.69) is 10.3 Å². The molecule has 134 valence electrons. The Balaban J connectivity index is 1.94. The molecule has 8 nitrogen and oxygen atoms in total. The number of aromatic amines is 2. The number of nitrogens with one attached hydrogen (secondary N) is 3. The molecule has 0 unspecified atom stereocenters. The van der Waals surface area contributed by atoms with Crippen LogP contribution in [-0.4, -0.2) is 28.5 Å². The van der Waals surface area contributed by atoms with Crippen LogP contribution in [0.15, 0.2) is 27.8 Å². The number of amides is 1. The standard InChI is InChI=1S/C15H16Cl2N4O4/c1-7(5-6-25-12-8(16)3-2-4-9(12)17)19-14(23)11-10(18)13(22)21-15(24)20-11/h2-4,7H,5-6,18H2,1H3,(H,19,23)(H2,20,21,22,24)/t7-/m1/s1. The van der Waals surface area contributed by atoms with Gasteiger partial charge in [0.1, 0.15) is 11.4 Å². The van der Waals surface area contributed by atoms with Gasteiger partial charge in [-0.05, 0) is 19.1 Å². The van der Waals surface area contributed by atoms with E-state index in [0.717, 1.165) is 0 Å². The lowest BCUT2D eigenvalue weighted by atomic mass is 10.2. The number of carbonyl (C=O) groups excluding carboxylic acids is 1. The van der Waals surface area contributed by atoms with Crippen molar-refractivity contribution in [3.63, 3.8) is 0 Å². The second-order valence-corrected chi connectivity index (χ2v) is 6.07. The van der Waals surface area contributed by atoms with Gasteiger partial charge in [0.2, 0.25) is 0 Å². The number of aromatic nitrogens is 2. The van der Waals surface area contributed by atoms with Crippen molar-refractivity contribution in [1.82, 2.24) is 15.3 Å². The molecule has 1 heterocycles. The SMILES string of the molecule is C[C@H](CCOc1c(Cl)cccc1Cl)NC(=O)c1[nH]c(=O)[nH]c(=O)c1N. The minimum atomic E-state index is -0.821. The molecule has 1 aromatic heterocycles. The van der Waals surface area contributed by atoms with Crippen LogP contribution in [0.1, 0.15) is 23.8 Å². The maximum atomic E-state index is 12.1. The van der Waals surface area contributed by atoms with Crippen molar-refractivity contribution in [3.8, 4) is 5.75 Å². The predicted molar refractivity (Wildman–Crippen MR) is 95.6 cm³/mol. The monoisotopic (exact) mass is 386 g/mol. The summed E-state index contributed by atoms with van der Waals surface area (Å²) >= 11 is 12.0. The van der Waals surface area contributed by atoms with E-state index in [1.54, 1.807) is 25.1 Å². The third kappa shape index (κ3) is 4.77. The van der Waals surface area contributed by atoms with E-state index in [4.69, 9.17) is 33.7 Å². The molecule has 2 aromatic rings. The fourth-order valence-electron chi connectivity index (χ4n) is 2.00. The molecule has 0 bridgehead atoms. The van der Waals surface area contributed by atoms with Crippen LogP contribution in [0.2, 0.25) is 10.0 Å². The Bertz CT molecular complexity index is 874. The highest BCUT2D eigenvalue weighted by atomic mass is 35.5. The van der Waals surface area contributed by atoms with Crippen LogP contribution >= 0.6 is 23.2 Å². The Morgan fingerprint density at radius 1 is 1.28 bits per heavy atom. The maximum absolute atomic E-state index is 12.1. The third-order valence-electron chi connectivity index (χ3n) is 3.30. The molecule has 1 aromatic carbocycles. The van der Waals surface area contributed by atoms with Crippen molar-refractivity contribution in [2.24, 2.45) is 0 Å². The molecular weight excluding hydrogens is 371 g/mol. The summed E-state index contributed by atoms with van der Waals surface area (Å²) < 4.78 is 5.53. The molecule has 10 heteroatoms. The number of nitrogens with two attached hydrogens (primary N) is 1. The smallest absolute Gasteiger partial charge is 0.326 e. The van der Waals surface area contributed by atoms with Gasteiger partial charge in [-0.25, -0.2) is 4.79 Å². The van der Waals surface area contributed by atoms with Gasteiger partial charge in [0.25, 0.3) is 11.5 Å². The summed E-state index contributed by atoms with van der Waals surface area (Å²) in [6, 6.07) is 4.68. The summed E-state index contributed by atoms with van der Waals surface area (Å²) in [5.41, 5.74) is 3.24. The first-order chi connectivity index (χ1) is 11.8. The minimum Gasteiger partial charge on any atom is -0.490 e. The lowest BCUT2D eigenvalue weighted by Crippen LogP contribution is -2.38. The van der Waals surface area contributed by atoms with Gasteiger partial charge in [-0.2, -0.15) is 0 Å². The molecule has 5 N–H and O–H groups in total. The van der Waals surface area contributed by atoms with Gasteiger partial charge in [-0.15, -0.1) is 0 Å². The largest absolute Gasteiger partial charge is 0.490 e. The van der Waals surface area contributed by atoms with E-state index in [-0.39, 0.29) is 24.0 Å². The van der Waals surface area contributed by atoms with E-state index in [1.165, 1.54) is 0 Å². The minimum absolute atomic E-state index is 0.242. The summed E-state index contributed by atoms with van der Waals surface area (Å²) in [4.78, 5) is 38.9. The van der Waals surface area contributed by atoms with Gasteiger partial charge in [0.15, 0.2) is 5.75 Å². The van der Waals surface area contributed by atoms with Crippen molar-refractivity contribution in [1.29, 1.82) is 0 Å². The molecule has 25 heavy (non-hydrogen) atoms. The molecular formula is C15H16Cl2N4O4. The molecule has 2 rings (SSSR count). The predicted octanol–water partition coefficient (Wildman–Crippen LogP) is 1.54. The number of hydrogen-bond acceptors (Lipinski definition) is 5. The Kier molecular flexibility index (Phi) is 6.11. The van der Waals surface area contributed by atoms with Gasteiger partial charge in [0, 0.05) is 12.5 Å².